The Morgan fingerprint density at radius 2 is 1.27 bits per heavy atom. The van der Waals surface area contributed by atoms with Crippen molar-refractivity contribution < 1.29 is 14.4 Å². The van der Waals surface area contributed by atoms with Gasteiger partial charge < -0.3 is 9.59 Å². The molecule has 0 aromatic carbocycles. The highest BCUT2D eigenvalue weighted by atomic mass is 16.1. The summed E-state index contributed by atoms with van der Waals surface area (Å²) in [5.41, 5.74) is 0. The molecule has 0 heterocycles. The Hall–Kier alpha value is -1.25. The second-order valence-electron chi connectivity index (χ2n) is 3.07. The first-order chi connectivity index (χ1) is 6.77. The van der Waals surface area contributed by atoms with E-state index in [1.54, 1.807) is 13.0 Å². The maximum absolute atomic E-state index is 9.96. The monoisotopic (exact) mass is 214 g/mol. The van der Waals surface area contributed by atoms with Crippen molar-refractivity contribution in [1.29, 1.82) is 0 Å². The van der Waals surface area contributed by atoms with Crippen LogP contribution in [0.25, 0.3) is 0 Å². The zero-order valence-electron chi connectivity index (χ0n) is 10.6. The number of Topliss-reactive ketones (excluding diaryl/α,β-unsaturated/α-hetero) is 2. The van der Waals surface area contributed by atoms with E-state index in [0.717, 1.165) is 0 Å². The minimum absolute atomic E-state index is 0.109. The third kappa shape index (κ3) is 105. The van der Waals surface area contributed by atoms with Gasteiger partial charge in [0.05, 0.1) is 0 Å². The van der Waals surface area contributed by atoms with E-state index in [4.69, 9.17) is 0 Å². The highest BCUT2D eigenvalue weighted by Crippen LogP contribution is 1.71. The molecule has 15 heavy (non-hydrogen) atoms. The van der Waals surface area contributed by atoms with E-state index >= 15 is 0 Å². The van der Waals surface area contributed by atoms with Crippen LogP contribution >= 0.6 is 0 Å². The first-order valence-electron chi connectivity index (χ1n) is 4.87. The van der Waals surface area contributed by atoms with Gasteiger partial charge in [-0.1, -0.05) is 13.0 Å². The molecule has 0 spiro atoms. The zero-order valence-corrected chi connectivity index (χ0v) is 10.6. The van der Waals surface area contributed by atoms with Crippen molar-refractivity contribution in [2.24, 2.45) is 0 Å². The summed E-state index contributed by atoms with van der Waals surface area (Å²) in [6.45, 7) is 9.84. The fourth-order valence-corrected chi connectivity index (χ4v) is 0.235. The predicted octanol–water partition coefficient (Wildman–Crippen LogP) is 2.73. The average molecular weight is 214 g/mol. The average Bonchev–Trinajstić information content (AvgIpc) is 2.03. The minimum Gasteiger partial charge on any atom is -0.300 e. The summed E-state index contributed by atoms with van der Waals surface area (Å²) in [7, 11) is 0. The Balaban J connectivity index is -0.000000147. The number of carbonyl (C=O) groups is 3. The molecule has 0 aromatic heterocycles. The van der Waals surface area contributed by atoms with E-state index in [1.807, 2.05) is 13.8 Å². The number of allylic oxidation sites excluding steroid dienone is 2. The van der Waals surface area contributed by atoms with Gasteiger partial charge in [0.15, 0.2) is 5.78 Å². The van der Waals surface area contributed by atoms with Crippen LogP contribution in [0.2, 0.25) is 0 Å². The number of ketones is 3. The van der Waals surface area contributed by atoms with Gasteiger partial charge in [-0.25, -0.2) is 0 Å². The Labute approximate surface area is 92.6 Å². The van der Waals surface area contributed by atoms with E-state index < -0.39 is 0 Å². The topological polar surface area (TPSA) is 51.2 Å². The van der Waals surface area contributed by atoms with Gasteiger partial charge in [0.2, 0.25) is 0 Å². The fraction of sp³-hybridized carbons (Fsp3) is 0.583. The van der Waals surface area contributed by atoms with E-state index in [2.05, 4.69) is 0 Å². The predicted molar refractivity (Wildman–Crippen MR) is 62.8 cm³/mol. The maximum Gasteiger partial charge on any atom is 0.152 e. The molecule has 88 valence electrons. The largest absolute Gasteiger partial charge is 0.300 e. The second kappa shape index (κ2) is 15.2. The quantitative estimate of drug-likeness (QED) is 0.664. The van der Waals surface area contributed by atoms with Crippen molar-refractivity contribution in [3.8, 4) is 0 Å². The van der Waals surface area contributed by atoms with Gasteiger partial charge in [-0.3, -0.25) is 4.79 Å². The van der Waals surface area contributed by atoms with Crippen LogP contribution in [-0.2, 0) is 14.4 Å². The molecule has 0 radical (unpaired) electrons. The first kappa shape index (κ1) is 19.3. The van der Waals surface area contributed by atoms with Gasteiger partial charge in [0.25, 0.3) is 0 Å². The fourth-order valence-electron chi connectivity index (χ4n) is 0.235. The third-order valence-electron chi connectivity index (χ3n) is 0.899. The molecule has 3 heteroatoms. The second-order valence-corrected chi connectivity index (χ2v) is 3.07. The molecule has 0 N–H and O–H groups in total. The van der Waals surface area contributed by atoms with Crippen LogP contribution in [0.3, 0.4) is 0 Å². The first-order valence-corrected chi connectivity index (χ1v) is 4.87. The molecule has 0 rings (SSSR count). The summed E-state index contributed by atoms with van der Waals surface area (Å²) in [4.78, 5) is 29.2. The molecule has 0 saturated heterocycles. The molecule has 0 aromatic rings. The van der Waals surface area contributed by atoms with E-state index in [0.29, 0.717) is 6.42 Å². The van der Waals surface area contributed by atoms with Crippen molar-refractivity contribution >= 4 is 17.3 Å². The van der Waals surface area contributed by atoms with Gasteiger partial charge in [0, 0.05) is 6.42 Å². The Bertz CT molecular complexity index is 211. The normalized spacial score (nSPS) is 8.13. The third-order valence-corrected chi connectivity index (χ3v) is 0.899. The number of carbonyl (C=O) groups excluding carboxylic acids is 3. The zero-order chi connectivity index (χ0) is 12.9. The highest BCUT2D eigenvalue weighted by Gasteiger charge is 1.77. The Morgan fingerprint density at radius 3 is 1.27 bits per heavy atom. The number of hydrogen-bond acceptors (Lipinski definition) is 3. The Morgan fingerprint density at radius 1 is 1.00 bits per heavy atom. The van der Waals surface area contributed by atoms with Crippen LogP contribution < -0.4 is 0 Å². The van der Waals surface area contributed by atoms with Crippen LogP contribution in [0.5, 0.6) is 0 Å². The van der Waals surface area contributed by atoms with Gasteiger partial charge in [-0.05, 0) is 40.7 Å². The van der Waals surface area contributed by atoms with Crippen LogP contribution in [-0.4, -0.2) is 17.3 Å². The van der Waals surface area contributed by atoms with Gasteiger partial charge >= 0.3 is 0 Å². The van der Waals surface area contributed by atoms with Gasteiger partial charge in [-0.15, -0.1) is 0 Å². The van der Waals surface area contributed by atoms with E-state index in [9.17, 15) is 14.4 Å². The van der Waals surface area contributed by atoms with Gasteiger partial charge in [0.1, 0.15) is 11.6 Å². The molecular formula is C12H22O3. The summed E-state index contributed by atoms with van der Waals surface area (Å²) < 4.78 is 0. The van der Waals surface area contributed by atoms with E-state index in [1.165, 1.54) is 26.8 Å². The number of rotatable bonds is 2. The van der Waals surface area contributed by atoms with Gasteiger partial charge in [-0.2, -0.15) is 0 Å². The molecule has 0 amide bonds. The molecule has 0 saturated carbocycles. The molecule has 3 nitrogen and oxygen atoms in total. The lowest BCUT2D eigenvalue weighted by molar-refractivity contribution is -0.117. The highest BCUT2D eigenvalue weighted by molar-refractivity contribution is 5.87. The van der Waals surface area contributed by atoms with Crippen LogP contribution in [0.15, 0.2) is 12.2 Å². The van der Waals surface area contributed by atoms with Crippen molar-refractivity contribution in [2.45, 2.75) is 48.0 Å². The summed E-state index contributed by atoms with van der Waals surface area (Å²) in [5.74, 6) is 0.530. The SMILES string of the molecule is CC(C)=O.CC=CC(C)=O.CCC(C)=O. The molecular weight excluding hydrogens is 192 g/mol. The van der Waals surface area contributed by atoms with E-state index in [-0.39, 0.29) is 17.3 Å². The summed E-state index contributed by atoms with van der Waals surface area (Å²) >= 11 is 0. The van der Waals surface area contributed by atoms with Crippen LogP contribution in [0.4, 0.5) is 0 Å². The lowest BCUT2D eigenvalue weighted by Crippen LogP contribution is -1.80. The lowest BCUT2D eigenvalue weighted by atomic mass is 10.4. The molecule has 0 atom stereocenters. The molecule has 0 aliphatic rings. The van der Waals surface area contributed by atoms with Crippen molar-refractivity contribution in [2.75, 3.05) is 0 Å². The summed E-state index contributed by atoms with van der Waals surface area (Å²) in [6.07, 6.45) is 3.92. The number of hydrogen-bond donors (Lipinski definition) is 0. The van der Waals surface area contributed by atoms with Crippen molar-refractivity contribution in [3.63, 3.8) is 0 Å². The molecule has 0 aliphatic heterocycles. The summed E-state index contributed by atoms with van der Waals surface area (Å²) in [5, 5.41) is 0. The standard InChI is InChI=1S/C5H8O.C4H8O.C3H6O/c1-3-4-5(2)6;1-3-4(2)5;1-3(2)4/h3-4H,1-2H3;3H2,1-2H3;1-2H3. The van der Waals surface area contributed by atoms with Crippen LogP contribution in [0, 0.1) is 0 Å². The lowest BCUT2D eigenvalue weighted by Gasteiger charge is -1.71. The molecule has 0 unspecified atom stereocenters. The Kier molecular flexibility index (Phi) is 19.6. The summed E-state index contributed by atoms with van der Waals surface area (Å²) in [6, 6.07) is 0. The minimum atomic E-state index is 0.109. The van der Waals surface area contributed by atoms with Crippen LogP contribution in [0.1, 0.15) is 48.0 Å². The molecule has 0 bridgehead atoms. The molecule has 0 aliphatic carbocycles. The smallest absolute Gasteiger partial charge is 0.152 e. The maximum atomic E-state index is 9.96. The van der Waals surface area contributed by atoms with Crippen molar-refractivity contribution in [3.05, 3.63) is 12.2 Å². The molecule has 0 fully saturated rings. The van der Waals surface area contributed by atoms with Crippen molar-refractivity contribution in [1.82, 2.24) is 0 Å².